The highest BCUT2D eigenvalue weighted by Gasteiger charge is 2.31. The van der Waals surface area contributed by atoms with E-state index in [0.717, 1.165) is 5.56 Å². The third-order valence-electron chi connectivity index (χ3n) is 7.01. The monoisotopic (exact) mass is 594 g/mol. The Balaban J connectivity index is 1.70. The van der Waals surface area contributed by atoms with Crippen molar-refractivity contribution in [1.29, 1.82) is 0 Å². The maximum atomic E-state index is 13.4. The summed E-state index contributed by atoms with van der Waals surface area (Å²) in [6, 6.07) is 7.70. The van der Waals surface area contributed by atoms with Gasteiger partial charge >= 0.3 is 0 Å². The topological polar surface area (TPSA) is 147 Å². The molecule has 0 spiro atoms. The van der Waals surface area contributed by atoms with Crippen LogP contribution in [0.2, 0.25) is 0 Å². The van der Waals surface area contributed by atoms with E-state index in [1.165, 1.54) is 16.2 Å². The van der Waals surface area contributed by atoms with E-state index >= 15 is 0 Å². The molecule has 3 atom stereocenters. The number of rotatable bonds is 4. The summed E-state index contributed by atoms with van der Waals surface area (Å²) < 4.78 is 5.86. The molecule has 1 aliphatic heterocycles. The molecule has 1 aromatic carbocycles. The van der Waals surface area contributed by atoms with Crippen molar-refractivity contribution in [3.05, 3.63) is 69.3 Å². The minimum atomic E-state index is -0.606. The number of thiazole rings is 1. The quantitative estimate of drug-likeness (QED) is 0.418. The van der Waals surface area contributed by atoms with E-state index in [0.29, 0.717) is 10.8 Å². The number of aromatic nitrogens is 2. The Hall–Kier alpha value is -4.06. The molecule has 224 valence electrons. The molecule has 0 saturated heterocycles. The van der Waals surface area contributed by atoms with Gasteiger partial charge in [0.1, 0.15) is 22.5 Å². The Bertz CT molecular complexity index is 1430. The molecule has 0 saturated carbocycles. The lowest BCUT2D eigenvalue weighted by Gasteiger charge is -2.28. The molecule has 4 rings (SSSR count). The van der Waals surface area contributed by atoms with Gasteiger partial charge in [-0.2, -0.15) is 0 Å². The van der Waals surface area contributed by atoms with Crippen molar-refractivity contribution in [3.63, 3.8) is 0 Å². The van der Waals surface area contributed by atoms with Gasteiger partial charge in [0.05, 0.1) is 19.0 Å². The van der Waals surface area contributed by atoms with Gasteiger partial charge in [0.25, 0.3) is 11.8 Å². The Morgan fingerprint density at radius 1 is 1.00 bits per heavy atom. The van der Waals surface area contributed by atoms with E-state index in [1.54, 1.807) is 19.2 Å². The van der Waals surface area contributed by atoms with Gasteiger partial charge in [-0.1, -0.05) is 58.0 Å². The van der Waals surface area contributed by atoms with Crippen LogP contribution in [0.25, 0.3) is 0 Å². The number of fused-ring (bicyclic) bond motifs is 4. The fraction of sp³-hybridized carbons (Fsp3) is 0.467. The van der Waals surface area contributed by atoms with Gasteiger partial charge < -0.3 is 25.3 Å². The number of nitrogens with zero attached hydrogens (tertiary/aromatic N) is 3. The fourth-order valence-corrected chi connectivity index (χ4v) is 5.76. The van der Waals surface area contributed by atoms with Gasteiger partial charge in [-0.05, 0) is 31.2 Å². The number of nitrogens with one attached hydrogen (secondary N) is 3. The summed E-state index contributed by atoms with van der Waals surface area (Å²) in [5.74, 6) is -1.12. The van der Waals surface area contributed by atoms with Gasteiger partial charge in [-0.15, -0.1) is 11.3 Å². The summed E-state index contributed by atoms with van der Waals surface area (Å²) in [5, 5.41) is 11.1. The molecule has 0 radical (unpaired) electrons. The summed E-state index contributed by atoms with van der Waals surface area (Å²) in [4.78, 5) is 63.7. The van der Waals surface area contributed by atoms with Crippen LogP contribution in [-0.4, -0.2) is 57.6 Å². The number of amides is 4. The van der Waals surface area contributed by atoms with E-state index in [2.05, 4.69) is 25.9 Å². The fourth-order valence-electron chi connectivity index (χ4n) is 4.74. The molecule has 3 N–H and O–H groups in total. The van der Waals surface area contributed by atoms with E-state index < -0.39 is 29.9 Å². The van der Waals surface area contributed by atoms with Crippen molar-refractivity contribution in [2.45, 2.75) is 66.1 Å². The minimum Gasteiger partial charge on any atom is -0.443 e. The first-order valence-corrected chi connectivity index (χ1v) is 15.0. The van der Waals surface area contributed by atoms with Crippen LogP contribution in [0.5, 0.6) is 0 Å². The van der Waals surface area contributed by atoms with Crippen molar-refractivity contribution >= 4 is 35.0 Å². The van der Waals surface area contributed by atoms with Crippen molar-refractivity contribution < 1.29 is 23.6 Å². The first-order valence-electron chi connectivity index (χ1n) is 14.1. The average Bonchev–Trinajstić information content (AvgIpc) is 3.56. The van der Waals surface area contributed by atoms with Gasteiger partial charge in [-0.3, -0.25) is 19.2 Å². The number of aryl methyl sites for hydroxylation is 1. The molecule has 0 fully saturated rings. The highest BCUT2D eigenvalue weighted by Crippen LogP contribution is 2.27. The molecule has 0 aliphatic carbocycles. The van der Waals surface area contributed by atoms with E-state index in [9.17, 15) is 19.2 Å². The maximum Gasteiger partial charge on any atom is 0.273 e. The highest BCUT2D eigenvalue weighted by atomic mass is 32.1. The lowest BCUT2D eigenvalue weighted by atomic mass is 10.0. The Kier molecular flexibility index (Phi) is 9.77. The molecule has 4 amide bonds. The zero-order chi connectivity index (χ0) is 30.6. The normalized spacial score (nSPS) is 20.5. The molecular weight excluding hydrogens is 556 g/mol. The predicted molar refractivity (Wildman–Crippen MR) is 158 cm³/mol. The van der Waals surface area contributed by atoms with E-state index in [4.69, 9.17) is 4.42 Å². The number of hydrogen-bond acceptors (Lipinski definition) is 8. The smallest absolute Gasteiger partial charge is 0.273 e. The summed E-state index contributed by atoms with van der Waals surface area (Å²) in [6.45, 7) is 11.0. The van der Waals surface area contributed by atoms with Crippen LogP contribution in [0.3, 0.4) is 0 Å². The van der Waals surface area contributed by atoms with Crippen LogP contribution < -0.4 is 16.0 Å². The molecule has 1 aliphatic rings. The summed E-state index contributed by atoms with van der Waals surface area (Å²) in [5.41, 5.74) is 1.11. The van der Waals surface area contributed by atoms with Gasteiger partial charge in [0, 0.05) is 18.0 Å². The van der Waals surface area contributed by atoms with Crippen LogP contribution in [0, 0.1) is 18.8 Å². The number of oxazole rings is 1. The van der Waals surface area contributed by atoms with Gasteiger partial charge in [0.15, 0.2) is 5.69 Å². The van der Waals surface area contributed by atoms with Crippen molar-refractivity contribution in [1.82, 2.24) is 30.8 Å². The number of carbonyl (C=O) groups is 4. The molecule has 3 heterocycles. The van der Waals surface area contributed by atoms with Crippen molar-refractivity contribution in [2.24, 2.45) is 11.8 Å². The van der Waals surface area contributed by atoms with Crippen LogP contribution in [0.4, 0.5) is 0 Å². The Morgan fingerprint density at radius 2 is 1.69 bits per heavy atom. The molecule has 42 heavy (non-hydrogen) atoms. The van der Waals surface area contributed by atoms with Gasteiger partial charge in [0.2, 0.25) is 17.7 Å². The lowest BCUT2D eigenvalue weighted by Crippen LogP contribution is -2.49. The Labute approximate surface area is 249 Å². The summed E-state index contributed by atoms with van der Waals surface area (Å²) in [7, 11) is 0. The number of carbonyl (C=O) groups excluding carboxylic acids is 4. The largest absolute Gasteiger partial charge is 0.443 e. The molecule has 11 nitrogen and oxygen atoms in total. The standard InChI is InChI=1S/C30H38N6O5S/c1-16(2)24-29-35-26(19(6)41-29)28(40)31-18(5)13-36(23(38)12-20-10-8-7-9-11-20)14-22(37)33-25(17(3)4)30-32-21(15-42-30)27(39)34-24/h7-11,15-18,24-25H,12-14H2,1-6H3,(H,31,40)(H,33,37)(H,34,39)/t18-,24-,25+/m1/s1. The number of benzene rings is 1. The summed E-state index contributed by atoms with van der Waals surface area (Å²) >= 11 is 1.28. The minimum absolute atomic E-state index is 0.0367. The maximum absolute atomic E-state index is 13.4. The SMILES string of the molecule is Cc1oc2nc1C(=O)N[C@H](C)CN(C(=O)Cc1ccccc1)CC(=O)N[C@@H](C(C)C)c1nc(cs1)C(=O)N[C@@H]2C(C)C. The average molecular weight is 595 g/mol. The predicted octanol–water partition coefficient (Wildman–Crippen LogP) is 3.58. The Morgan fingerprint density at radius 3 is 2.36 bits per heavy atom. The second-order valence-electron chi connectivity index (χ2n) is 11.3. The molecule has 0 unspecified atom stereocenters. The molecular formula is C30H38N6O5S. The second kappa shape index (κ2) is 13.3. The zero-order valence-electron chi connectivity index (χ0n) is 24.8. The zero-order valence-corrected chi connectivity index (χ0v) is 25.6. The van der Waals surface area contributed by atoms with Crippen LogP contribution in [-0.2, 0) is 16.0 Å². The van der Waals surface area contributed by atoms with E-state index in [1.807, 2.05) is 58.0 Å². The van der Waals surface area contributed by atoms with E-state index in [-0.39, 0.29) is 60.4 Å². The second-order valence-corrected chi connectivity index (χ2v) is 12.2. The van der Waals surface area contributed by atoms with Crippen LogP contribution in [0.1, 0.15) is 89.9 Å². The third kappa shape index (κ3) is 7.41. The third-order valence-corrected chi connectivity index (χ3v) is 7.94. The summed E-state index contributed by atoms with van der Waals surface area (Å²) in [6.07, 6.45) is 0.107. The lowest BCUT2D eigenvalue weighted by molar-refractivity contribution is -0.136. The van der Waals surface area contributed by atoms with Crippen molar-refractivity contribution in [2.75, 3.05) is 13.1 Å². The van der Waals surface area contributed by atoms with Crippen molar-refractivity contribution in [3.8, 4) is 0 Å². The molecule has 4 bridgehead atoms. The number of hydrogen-bond donors (Lipinski definition) is 3. The molecule has 12 heteroatoms. The highest BCUT2D eigenvalue weighted by molar-refractivity contribution is 7.09. The molecule has 3 aromatic rings. The first-order chi connectivity index (χ1) is 19.9. The van der Waals surface area contributed by atoms with Gasteiger partial charge in [-0.25, -0.2) is 9.97 Å². The molecule has 2 aromatic heterocycles. The first kappa shape index (κ1) is 30.9. The van der Waals surface area contributed by atoms with Crippen LogP contribution in [0.15, 0.2) is 40.1 Å². The van der Waals surface area contributed by atoms with Crippen LogP contribution >= 0.6 is 11.3 Å².